The van der Waals surface area contributed by atoms with Crippen molar-refractivity contribution < 1.29 is 0 Å². The highest BCUT2D eigenvalue weighted by Gasteiger charge is 2.19. The van der Waals surface area contributed by atoms with Gasteiger partial charge in [-0.3, -0.25) is 0 Å². The van der Waals surface area contributed by atoms with E-state index < -0.39 is 0 Å². The van der Waals surface area contributed by atoms with Gasteiger partial charge in [0.25, 0.3) is 0 Å². The zero-order chi connectivity index (χ0) is 14.1. The summed E-state index contributed by atoms with van der Waals surface area (Å²) in [6.45, 7) is 3.76. The molecule has 1 aromatic heterocycles. The Morgan fingerprint density at radius 3 is 2.95 bits per heavy atom. The highest BCUT2D eigenvalue weighted by atomic mass is 15.6. The summed E-state index contributed by atoms with van der Waals surface area (Å²) >= 11 is 0. The van der Waals surface area contributed by atoms with Crippen molar-refractivity contribution in [3.8, 4) is 0 Å². The summed E-state index contributed by atoms with van der Waals surface area (Å²) < 4.78 is 0. The topological polar surface area (TPSA) is 72.9 Å². The lowest BCUT2D eigenvalue weighted by molar-refractivity contribution is 0.623. The molecular weight excluding hydrogens is 252 g/mol. The Morgan fingerprint density at radius 1 is 1.40 bits per heavy atom. The first kappa shape index (κ1) is 13.1. The lowest BCUT2D eigenvalue weighted by Gasteiger charge is -2.31. The van der Waals surface area contributed by atoms with Crippen molar-refractivity contribution in [2.75, 3.05) is 11.4 Å². The molecule has 20 heavy (non-hydrogen) atoms. The number of tetrazole rings is 1. The predicted molar refractivity (Wildman–Crippen MR) is 77.2 cm³/mol. The van der Waals surface area contributed by atoms with Crippen molar-refractivity contribution in [2.24, 2.45) is 12.8 Å². The van der Waals surface area contributed by atoms with Gasteiger partial charge in [0.05, 0.1) is 13.6 Å². The molecule has 2 heterocycles. The molecule has 6 heteroatoms. The van der Waals surface area contributed by atoms with Crippen LogP contribution in [0.1, 0.15) is 36.3 Å². The maximum atomic E-state index is 5.96. The van der Waals surface area contributed by atoms with Crippen molar-refractivity contribution in [1.29, 1.82) is 0 Å². The Bertz CT molecular complexity index is 603. The van der Waals surface area contributed by atoms with Crippen LogP contribution < -0.4 is 10.6 Å². The molecule has 2 N–H and O–H groups in total. The van der Waals surface area contributed by atoms with E-state index in [0.717, 1.165) is 25.2 Å². The third-order valence-corrected chi connectivity index (χ3v) is 3.73. The van der Waals surface area contributed by atoms with E-state index in [4.69, 9.17) is 5.73 Å². The molecule has 106 valence electrons. The second kappa shape index (κ2) is 5.20. The Labute approximate surface area is 118 Å². The lowest BCUT2D eigenvalue weighted by atomic mass is 9.97. The molecule has 1 aromatic carbocycles. The second-order valence-electron chi connectivity index (χ2n) is 5.40. The molecule has 3 rings (SSSR count). The van der Waals surface area contributed by atoms with Gasteiger partial charge in [-0.25, -0.2) is 0 Å². The van der Waals surface area contributed by atoms with Gasteiger partial charge in [0.2, 0.25) is 0 Å². The summed E-state index contributed by atoms with van der Waals surface area (Å²) in [6, 6.07) is 6.60. The molecule has 0 fully saturated rings. The number of hydrogen-bond donors (Lipinski definition) is 1. The molecular formula is C14H20N6. The largest absolute Gasteiger partial charge is 0.364 e. The van der Waals surface area contributed by atoms with Gasteiger partial charge in [-0.05, 0) is 42.2 Å². The smallest absolute Gasteiger partial charge is 0.193 e. The molecule has 0 spiro atoms. The van der Waals surface area contributed by atoms with Crippen LogP contribution >= 0.6 is 0 Å². The summed E-state index contributed by atoms with van der Waals surface area (Å²) in [6.07, 6.45) is 2.26. The standard InChI is InChI=1S/C14H20N6/c1-10(15)11-5-6-13-12(8-11)4-3-7-20(13)9-14-16-18-19(2)17-14/h5-6,8,10H,3-4,7,9,15H2,1-2H3. The van der Waals surface area contributed by atoms with E-state index in [-0.39, 0.29) is 6.04 Å². The molecule has 2 aromatic rings. The maximum absolute atomic E-state index is 5.96. The number of nitrogens with zero attached hydrogens (tertiary/aromatic N) is 5. The van der Waals surface area contributed by atoms with Crippen LogP contribution in [0.3, 0.4) is 0 Å². The second-order valence-corrected chi connectivity index (χ2v) is 5.40. The molecule has 0 saturated heterocycles. The molecule has 1 aliphatic heterocycles. The van der Waals surface area contributed by atoms with Gasteiger partial charge in [0.15, 0.2) is 5.82 Å². The first-order chi connectivity index (χ1) is 9.63. The normalized spacial score (nSPS) is 16.1. The van der Waals surface area contributed by atoms with Crippen LogP contribution in [0, 0.1) is 0 Å². The Kier molecular flexibility index (Phi) is 3.40. The minimum atomic E-state index is 0.0809. The van der Waals surface area contributed by atoms with Gasteiger partial charge >= 0.3 is 0 Å². The van der Waals surface area contributed by atoms with Crippen molar-refractivity contribution in [3.63, 3.8) is 0 Å². The highest BCUT2D eigenvalue weighted by Crippen LogP contribution is 2.30. The van der Waals surface area contributed by atoms with Crippen LogP contribution in [0.4, 0.5) is 5.69 Å². The van der Waals surface area contributed by atoms with Crippen LogP contribution in [0.25, 0.3) is 0 Å². The first-order valence-electron chi connectivity index (χ1n) is 6.99. The number of aromatic nitrogens is 4. The molecule has 0 bridgehead atoms. The Balaban J connectivity index is 1.86. The van der Waals surface area contributed by atoms with E-state index >= 15 is 0 Å². The van der Waals surface area contributed by atoms with Crippen molar-refractivity contribution >= 4 is 5.69 Å². The fourth-order valence-electron chi connectivity index (χ4n) is 2.70. The summed E-state index contributed by atoms with van der Waals surface area (Å²) in [5.74, 6) is 0.761. The fourth-order valence-corrected chi connectivity index (χ4v) is 2.70. The maximum Gasteiger partial charge on any atom is 0.193 e. The van der Waals surface area contributed by atoms with Crippen molar-refractivity contribution in [3.05, 3.63) is 35.2 Å². The van der Waals surface area contributed by atoms with E-state index in [2.05, 4.69) is 38.5 Å². The number of anilines is 1. The van der Waals surface area contributed by atoms with E-state index in [1.54, 1.807) is 7.05 Å². The van der Waals surface area contributed by atoms with E-state index in [1.165, 1.54) is 21.6 Å². The number of nitrogens with two attached hydrogens (primary N) is 1. The van der Waals surface area contributed by atoms with Crippen molar-refractivity contribution in [2.45, 2.75) is 32.4 Å². The minimum Gasteiger partial charge on any atom is -0.364 e. The Hall–Kier alpha value is -1.95. The monoisotopic (exact) mass is 272 g/mol. The molecule has 1 atom stereocenters. The van der Waals surface area contributed by atoms with Crippen LogP contribution in [0.2, 0.25) is 0 Å². The number of aryl methyl sites for hydroxylation is 2. The SMILES string of the molecule is CC(N)c1ccc2c(c1)CCCN2Cc1nnn(C)n1. The third-order valence-electron chi connectivity index (χ3n) is 3.73. The van der Waals surface area contributed by atoms with Crippen LogP contribution in [0.15, 0.2) is 18.2 Å². The van der Waals surface area contributed by atoms with Gasteiger partial charge in [0, 0.05) is 18.3 Å². The zero-order valence-electron chi connectivity index (χ0n) is 12.0. The highest BCUT2D eigenvalue weighted by molar-refractivity contribution is 5.57. The first-order valence-corrected chi connectivity index (χ1v) is 6.99. The molecule has 0 saturated carbocycles. The fraction of sp³-hybridized carbons (Fsp3) is 0.500. The van der Waals surface area contributed by atoms with E-state index in [9.17, 15) is 0 Å². The quantitative estimate of drug-likeness (QED) is 0.908. The molecule has 0 aliphatic carbocycles. The lowest BCUT2D eigenvalue weighted by Crippen LogP contribution is -2.29. The van der Waals surface area contributed by atoms with Gasteiger partial charge in [-0.1, -0.05) is 12.1 Å². The van der Waals surface area contributed by atoms with E-state index in [0.29, 0.717) is 6.54 Å². The molecule has 6 nitrogen and oxygen atoms in total. The van der Waals surface area contributed by atoms with Crippen LogP contribution in [0.5, 0.6) is 0 Å². The average molecular weight is 272 g/mol. The Morgan fingerprint density at radius 2 is 2.25 bits per heavy atom. The summed E-state index contributed by atoms with van der Waals surface area (Å²) in [7, 11) is 1.79. The molecule has 1 aliphatic rings. The van der Waals surface area contributed by atoms with E-state index in [1.807, 2.05) is 6.92 Å². The van der Waals surface area contributed by atoms with Gasteiger partial charge in [-0.15, -0.1) is 10.2 Å². The molecule has 0 amide bonds. The predicted octanol–water partition coefficient (Wildman–Crippen LogP) is 1.18. The van der Waals surface area contributed by atoms with Crippen LogP contribution in [-0.4, -0.2) is 26.8 Å². The van der Waals surface area contributed by atoms with Gasteiger partial charge < -0.3 is 10.6 Å². The average Bonchev–Trinajstić information content (AvgIpc) is 2.84. The minimum absolute atomic E-state index is 0.0809. The summed E-state index contributed by atoms with van der Waals surface area (Å²) in [5.41, 5.74) is 9.80. The third kappa shape index (κ3) is 2.51. The summed E-state index contributed by atoms with van der Waals surface area (Å²) in [4.78, 5) is 3.82. The van der Waals surface area contributed by atoms with Gasteiger partial charge in [0.1, 0.15) is 0 Å². The number of rotatable bonds is 3. The van der Waals surface area contributed by atoms with Crippen LogP contribution in [-0.2, 0) is 20.0 Å². The van der Waals surface area contributed by atoms with Crippen molar-refractivity contribution in [1.82, 2.24) is 20.2 Å². The summed E-state index contributed by atoms with van der Waals surface area (Å²) in [5, 5.41) is 12.2. The molecule has 1 unspecified atom stereocenters. The van der Waals surface area contributed by atoms with Gasteiger partial charge in [-0.2, -0.15) is 4.80 Å². The zero-order valence-corrected chi connectivity index (χ0v) is 12.0. The molecule has 0 radical (unpaired) electrons. The number of fused-ring (bicyclic) bond motifs is 1. The number of benzene rings is 1. The number of hydrogen-bond acceptors (Lipinski definition) is 5.